The number of imidazole rings is 1. The Morgan fingerprint density at radius 3 is 1.24 bits per heavy atom. The van der Waals surface area contributed by atoms with E-state index in [2.05, 4.69) is 66.0 Å². The van der Waals surface area contributed by atoms with Crippen molar-refractivity contribution in [3.63, 3.8) is 0 Å². The lowest BCUT2D eigenvalue weighted by Crippen LogP contribution is -2.45. The van der Waals surface area contributed by atoms with Gasteiger partial charge in [-0.05, 0) is 86.5 Å². The summed E-state index contributed by atoms with van der Waals surface area (Å²) in [6.07, 6.45) is -1.26. The van der Waals surface area contributed by atoms with Crippen LogP contribution >= 0.6 is 0 Å². The number of aromatic nitrogens is 4. The zero-order valence-electron chi connectivity index (χ0n) is 45.6. The molecule has 82 heavy (non-hydrogen) atoms. The highest BCUT2D eigenvalue weighted by Gasteiger charge is 2.53. The first kappa shape index (κ1) is 53.2. The average Bonchev–Trinajstić information content (AvgIpc) is 4.28. The van der Waals surface area contributed by atoms with Gasteiger partial charge in [-0.3, -0.25) is 4.57 Å². The van der Waals surface area contributed by atoms with Crippen LogP contribution in [-0.2, 0) is 31.0 Å². The summed E-state index contributed by atoms with van der Waals surface area (Å²) in [6.45, 7) is -0.0908. The standard InChI is InChI=1S/C70H61N5O7/c1-77-58-40-34-51(35-41-58)68(49-22-10-4-11-23-49,50-24-12-5-13-25-50)74-65-62-66(72-47-71-65)75(48-73-62)67-64(82-70(54-30-18-8-19-31-54,55-32-20-9-21-33-55)57-38-44-60(79-3)45-39-57)63(76)61(81-67)46-80-69(52-26-14-6-15-27-52,53-28-16-7-17-29-53)56-36-42-59(78-2)43-37-56/h4-45,47-48,61,63-64,67,76H,46H2,1-3H3,(H,71,72,74)/t61-,63-,64-,67-/m1/s1. The van der Waals surface area contributed by atoms with Crippen LogP contribution in [0.4, 0.5) is 5.82 Å². The fraction of sp³-hybridized carbons (Fsp3) is 0.157. The van der Waals surface area contributed by atoms with Crippen molar-refractivity contribution in [3.8, 4) is 17.2 Å². The molecule has 0 saturated carbocycles. The minimum absolute atomic E-state index is 0.0908. The van der Waals surface area contributed by atoms with Crippen LogP contribution in [0.3, 0.4) is 0 Å². The van der Waals surface area contributed by atoms with Gasteiger partial charge in [0.05, 0.1) is 34.3 Å². The lowest BCUT2D eigenvalue weighted by atomic mass is 9.77. The predicted octanol–water partition coefficient (Wildman–Crippen LogP) is 12.9. The van der Waals surface area contributed by atoms with Gasteiger partial charge < -0.3 is 38.8 Å². The molecule has 0 amide bonds. The van der Waals surface area contributed by atoms with E-state index < -0.39 is 41.3 Å². The molecule has 1 saturated heterocycles. The van der Waals surface area contributed by atoms with Crippen LogP contribution in [0.25, 0.3) is 11.2 Å². The van der Waals surface area contributed by atoms with E-state index in [1.54, 1.807) is 27.7 Å². The van der Waals surface area contributed by atoms with E-state index in [9.17, 15) is 5.11 Å². The molecule has 0 aliphatic carbocycles. The van der Waals surface area contributed by atoms with Crippen molar-refractivity contribution < 1.29 is 33.5 Å². The number of hydrogen-bond acceptors (Lipinski definition) is 11. The van der Waals surface area contributed by atoms with Gasteiger partial charge in [0.25, 0.3) is 0 Å². The fourth-order valence-corrected chi connectivity index (χ4v) is 11.7. The number of nitrogens with zero attached hydrogens (tertiary/aromatic N) is 4. The van der Waals surface area contributed by atoms with Crippen molar-refractivity contribution in [2.75, 3.05) is 33.3 Å². The Bertz CT molecular complexity index is 3700. The molecule has 4 atom stereocenters. The Morgan fingerprint density at radius 2 is 0.817 bits per heavy atom. The summed E-state index contributed by atoms with van der Waals surface area (Å²) in [5.41, 5.74) is 5.29. The smallest absolute Gasteiger partial charge is 0.167 e. The molecule has 11 aromatic rings. The second-order valence-electron chi connectivity index (χ2n) is 20.1. The molecule has 0 unspecified atom stereocenters. The number of ether oxygens (including phenoxy) is 6. The quantitative estimate of drug-likeness (QED) is 0.0707. The third-order valence-electron chi connectivity index (χ3n) is 15.7. The number of benzene rings is 9. The van der Waals surface area contributed by atoms with E-state index in [4.69, 9.17) is 43.4 Å². The van der Waals surface area contributed by atoms with Crippen molar-refractivity contribution in [3.05, 3.63) is 318 Å². The largest absolute Gasteiger partial charge is 0.497 e. The Hall–Kier alpha value is -9.43. The molecule has 12 nitrogen and oxygen atoms in total. The lowest BCUT2D eigenvalue weighted by molar-refractivity contribution is -0.122. The van der Waals surface area contributed by atoms with Crippen molar-refractivity contribution in [2.24, 2.45) is 0 Å². The van der Waals surface area contributed by atoms with Crippen molar-refractivity contribution in [1.82, 2.24) is 19.5 Å². The van der Waals surface area contributed by atoms with E-state index in [1.807, 2.05) is 199 Å². The summed E-state index contributed by atoms with van der Waals surface area (Å²) < 4.78 is 41.5. The summed E-state index contributed by atoms with van der Waals surface area (Å²) in [5.74, 6) is 2.57. The summed E-state index contributed by atoms with van der Waals surface area (Å²) >= 11 is 0. The van der Waals surface area contributed by atoms with Gasteiger partial charge in [0, 0.05) is 0 Å². The number of rotatable bonds is 20. The number of fused-ring (bicyclic) bond motifs is 1. The van der Waals surface area contributed by atoms with Gasteiger partial charge in [-0.15, -0.1) is 0 Å². The highest BCUT2D eigenvalue weighted by molar-refractivity contribution is 5.84. The maximum Gasteiger partial charge on any atom is 0.167 e. The van der Waals surface area contributed by atoms with E-state index in [1.165, 1.54) is 6.33 Å². The molecule has 3 heterocycles. The lowest BCUT2D eigenvalue weighted by Gasteiger charge is -2.40. The molecular weight excluding hydrogens is 1020 g/mol. The van der Waals surface area contributed by atoms with Crippen LogP contribution in [0.5, 0.6) is 17.2 Å². The maximum atomic E-state index is 13.4. The van der Waals surface area contributed by atoms with Crippen LogP contribution in [0.15, 0.2) is 267 Å². The zero-order valence-corrected chi connectivity index (χ0v) is 45.6. The third-order valence-corrected chi connectivity index (χ3v) is 15.7. The second kappa shape index (κ2) is 23.3. The monoisotopic (exact) mass is 1080 g/mol. The second-order valence-corrected chi connectivity index (χ2v) is 20.1. The topological polar surface area (TPSA) is 131 Å². The summed E-state index contributed by atoms with van der Waals surface area (Å²) in [4.78, 5) is 15.1. The molecule has 12 rings (SSSR count). The number of methoxy groups -OCH3 is 3. The first-order valence-corrected chi connectivity index (χ1v) is 27.3. The van der Waals surface area contributed by atoms with E-state index in [0.29, 0.717) is 28.5 Å². The molecule has 1 aliphatic heterocycles. The van der Waals surface area contributed by atoms with Crippen LogP contribution in [0, 0.1) is 0 Å². The Balaban J connectivity index is 1.03. The van der Waals surface area contributed by atoms with Crippen molar-refractivity contribution >= 4 is 17.0 Å². The molecule has 2 aromatic heterocycles. The molecule has 0 radical (unpaired) electrons. The SMILES string of the molecule is COc1ccc(C(Nc2ncnc3c2ncn3[C@@H]2O[C@H](COC(c3ccccc3)(c3ccccc3)c3ccc(OC)cc3)[C@@H](O)[C@H]2OC(c2ccccc2)(c2ccccc2)c2ccc(OC)cc2)(c2ccccc2)c2ccccc2)cc1. The number of nitrogens with one attached hydrogen (secondary N) is 1. The fourth-order valence-electron chi connectivity index (χ4n) is 11.7. The van der Waals surface area contributed by atoms with Crippen LogP contribution in [0.1, 0.15) is 56.3 Å². The summed E-state index contributed by atoms with van der Waals surface area (Å²) in [5, 5.41) is 17.4. The van der Waals surface area contributed by atoms with Crippen LogP contribution in [0.2, 0.25) is 0 Å². The molecule has 408 valence electrons. The third kappa shape index (κ3) is 9.71. The molecule has 1 fully saturated rings. The molecule has 12 heteroatoms. The van der Waals surface area contributed by atoms with E-state index in [-0.39, 0.29) is 6.61 Å². The van der Waals surface area contributed by atoms with Gasteiger partial charge in [0.15, 0.2) is 23.2 Å². The maximum absolute atomic E-state index is 13.4. The van der Waals surface area contributed by atoms with E-state index >= 15 is 0 Å². The highest BCUT2D eigenvalue weighted by atomic mass is 16.6. The van der Waals surface area contributed by atoms with Crippen LogP contribution < -0.4 is 19.5 Å². The highest BCUT2D eigenvalue weighted by Crippen LogP contribution is 2.49. The molecule has 1 aliphatic rings. The summed E-state index contributed by atoms with van der Waals surface area (Å²) in [6, 6.07) is 84.7. The van der Waals surface area contributed by atoms with Gasteiger partial charge in [0.2, 0.25) is 0 Å². The molecule has 0 spiro atoms. The van der Waals surface area contributed by atoms with Gasteiger partial charge in [0.1, 0.15) is 58.6 Å². The number of aliphatic hydroxyl groups excluding tert-OH is 1. The van der Waals surface area contributed by atoms with Gasteiger partial charge in [-0.25, -0.2) is 15.0 Å². The van der Waals surface area contributed by atoms with Gasteiger partial charge >= 0.3 is 0 Å². The Morgan fingerprint density at radius 1 is 0.451 bits per heavy atom. The summed E-state index contributed by atoms with van der Waals surface area (Å²) in [7, 11) is 4.96. The minimum atomic E-state index is -1.33. The van der Waals surface area contributed by atoms with Crippen LogP contribution in [-0.4, -0.2) is 70.9 Å². The molecular formula is C70H61N5O7. The number of aliphatic hydroxyl groups is 1. The van der Waals surface area contributed by atoms with E-state index in [0.717, 1.165) is 55.8 Å². The first-order valence-electron chi connectivity index (χ1n) is 27.3. The molecule has 2 N–H and O–H groups in total. The minimum Gasteiger partial charge on any atom is -0.497 e. The van der Waals surface area contributed by atoms with Crippen molar-refractivity contribution in [1.29, 1.82) is 0 Å². The van der Waals surface area contributed by atoms with Gasteiger partial charge in [-0.1, -0.05) is 218 Å². The Labute approximate surface area is 477 Å². The number of hydrogen-bond donors (Lipinski definition) is 2. The van der Waals surface area contributed by atoms with Crippen molar-refractivity contribution in [2.45, 2.75) is 41.3 Å². The normalized spacial score (nSPS) is 16.4. The first-order chi connectivity index (χ1) is 40.4. The zero-order chi connectivity index (χ0) is 55.9. The molecule has 9 aromatic carbocycles. The number of anilines is 1. The van der Waals surface area contributed by atoms with Gasteiger partial charge in [-0.2, -0.15) is 0 Å². The predicted molar refractivity (Wildman–Crippen MR) is 317 cm³/mol. The average molecular weight is 1080 g/mol. The molecule has 0 bridgehead atoms. The Kier molecular flexibility index (Phi) is 15.2.